The molecule has 2 nitrogen and oxygen atoms in total. The summed E-state index contributed by atoms with van der Waals surface area (Å²) in [6.45, 7) is 2.09. The van der Waals surface area contributed by atoms with Crippen LogP contribution in [0.5, 0.6) is 0 Å². The SMILES string of the molecule is CCCCC1=C(Br)/C(=C/Br)OC1=O. The standard InChI is InChI=1S/C9H10Br2O2/c1-2-3-4-6-8(11)7(5-10)13-9(6)12/h5H,2-4H2,1H3/b7-5-. The second-order valence-corrected chi connectivity index (χ2v) is 4.01. The highest BCUT2D eigenvalue weighted by molar-refractivity contribution is 9.12. The van der Waals surface area contributed by atoms with Crippen molar-refractivity contribution in [1.82, 2.24) is 0 Å². The Balaban J connectivity index is 2.79. The number of unbranched alkanes of at least 4 members (excludes halogenated alkanes) is 1. The molecule has 0 radical (unpaired) electrons. The van der Waals surface area contributed by atoms with Crippen LogP contribution in [0.25, 0.3) is 0 Å². The molecule has 0 atom stereocenters. The minimum Gasteiger partial charge on any atom is -0.421 e. The number of rotatable bonds is 3. The van der Waals surface area contributed by atoms with Gasteiger partial charge in [-0.25, -0.2) is 4.79 Å². The number of esters is 1. The van der Waals surface area contributed by atoms with E-state index in [1.165, 1.54) is 0 Å². The molecule has 0 amide bonds. The van der Waals surface area contributed by atoms with E-state index in [0.29, 0.717) is 5.76 Å². The highest BCUT2D eigenvalue weighted by atomic mass is 79.9. The van der Waals surface area contributed by atoms with Crippen molar-refractivity contribution in [1.29, 1.82) is 0 Å². The van der Waals surface area contributed by atoms with Gasteiger partial charge in [0.2, 0.25) is 0 Å². The van der Waals surface area contributed by atoms with Crippen LogP contribution in [0.3, 0.4) is 0 Å². The third-order valence-corrected chi connectivity index (χ3v) is 3.09. The molecular weight excluding hydrogens is 300 g/mol. The Morgan fingerprint density at radius 1 is 1.54 bits per heavy atom. The number of allylic oxidation sites excluding steroid dienone is 1. The van der Waals surface area contributed by atoms with Gasteiger partial charge in [0.05, 0.1) is 10.1 Å². The molecule has 0 saturated heterocycles. The third kappa shape index (κ3) is 2.44. The van der Waals surface area contributed by atoms with Crippen molar-refractivity contribution in [2.24, 2.45) is 0 Å². The Hall–Kier alpha value is -0.0900. The number of hydrogen-bond acceptors (Lipinski definition) is 2. The molecule has 0 aromatic carbocycles. The maximum atomic E-state index is 11.3. The number of halogens is 2. The molecule has 0 spiro atoms. The smallest absolute Gasteiger partial charge is 0.340 e. The zero-order chi connectivity index (χ0) is 9.84. The van der Waals surface area contributed by atoms with Gasteiger partial charge < -0.3 is 4.74 Å². The first-order valence-corrected chi connectivity index (χ1v) is 5.83. The van der Waals surface area contributed by atoms with Gasteiger partial charge in [-0.05, 0) is 28.8 Å². The van der Waals surface area contributed by atoms with Gasteiger partial charge in [0.15, 0.2) is 5.76 Å². The fourth-order valence-corrected chi connectivity index (χ4v) is 2.27. The van der Waals surface area contributed by atoms with Gasteiger partial charge in [-0.3, -0.25) is 0 Å². The maximum Gasteiger partial charge on any atom is 0.340 e. The van der Waals surface area contributed by atoms with E-state index in [0.717, 1.165) is 29.3 Å². The number of hydrogen-bond donors (Lipinski definition) is 0. The minimum absolute atomic E-state index is 0.231. The molecule has 0 fully saturated rings. The number of cyclic esters (lactones) is 1. The first-order valence-electron chi connectivity index (χ1n) is 4.12. The Labute approximate surface area is 94.3 Å². The molecule has 0 aromatic rings. The van der Waals surface area contributed by atoms with Gasteiger partial charge in [0.1, 0.15) is 0 Å². The molecule has 1 aliphatic rings. The minimum atomic E-state index is -0.231. The van der Waals surface area contributed by atoms with E-state index in [1.54, 1.807) is 4.99 Å². The van der Waals surface area contributed by atoms with Crippen molar-refractivity contribution >= 4 is 37.8 Å². The van der Waals surface area contributed by atoms with E-state index in [9.17, 15) is 4.79 Å². The molecule has 0 N–H and O–H groups in total. The number of carbonyl (C=O) groups excluding carboxylic acids is 1. The van der Waals surface area contributed by atoms with Crippen LogP contribution in [0.15, 0.2) is 20.8 Å². The van der Waals surface area contributed by atoms with Crippen molar-refractivity contribution in [2.45, 2.75) is 26.2 Å². The highest BCUT2D eigenvalue weighted by Crippen LogP contribution is 2.34. The maximum absolute atomic E-state index is 11.3. The fraction of sp³-hybridized carbons (Fsp3) is 0.444. The van der Waals surface area contributed by atoms with Gasteiger partial charge in [0.25, 0.3) is 0 Å². The van der Waals surface area contributed by atoms with Gasteiger partial charge in [-0.15, -0.1) is 0 Å². The quantitative estimate of drug-likeness (QED) is 0.744. The summed E-state index contributed by atoms with van der Waals surface area (Å²) in [6, 6.07) is 0. The van der Waals surface area contributed by atoms with E-state index in [-0.39, 0.29) is 5.97 Å². The first kappa shape index (κ1) is 11.0. The summed E-state index contributed by atoms with van der Waals surface area (Å²) in [6.07, 6.45) is 2.86. The van der Waals surface area contributed by atoms with E-state index in [1.807, 2.05) is 0 Å². The van der Waals surface area contributed by atoms with Crippen LogP contribution in [-0.4, -0.2) is 5.97 Å². The van der Waals surface area contributed by atoms with Crippen molar-refractivity contribution in [3.05, 3.63) is 20.8 Å². The molecule has 0 saturated carbocycles. The Kier molecular flexibility index (Phi) is 4.19. The molecule has 4 heteroatoms. The molecule has 1 rings (SSSR count). The van der Waals surface area contributed by atoms with Crippen molar-refractivity contribution < 1.29 is 9.53 Å². The van der Waals surface area contributed by atoms with Gasteiger partial charge in [0, 0.05) is 4.99 Å². The summed E-state index contributed by atoms with van der Waals surface area (Å²) in [4.78, 5) is 12.9. The van der Waals surface area contributed by atoms with Crippen LogP contribution in [0.1, 0.15) is 26.2 Å². The average Bonchev–Trinajstić information content (AvgIpc) is 2.39. The molecule has 1 heterocycles. The second-order valence-electron chi connectivity index (χ2n) is 2.76. The topological polar surface area (TPSA) is 26.3 Å². The summed E-state index contributed by atoms with van der Waals surface area (Å²) >= 11 is 6.47. The summed E-state index contributed by atoms with van der Waals surface area (Å²) < 4.78 is 5.77. The molecule has 13 heavy (non-hydrogen) atoms. The molecule has 72 valence electrons. The Morgan fingerprint density at radius 3 is 2.69 bits per heavy atom. The van der Waals surface area contributed by atoms with Gasteiger partial charge in [-0.2, -0.15) is 0 Å². The summed E-state index contributed by atoms with van der Waals surface area (Å²) in [5.41, 5.74) is 0.743. The molecule has 0 aliphatic carbocycles. The molecule has 0 unspecified atom stereocenters. The van der Waals surface area contributed by atoms with Gasteiger partial charge >= 0.3 is 5.97 Å². The summed E-state index contributed by atoms with van der Waals surface area (Å²) in [5.74, 6) is 0.335. The molecule has 0 aromatic heterocycles. The van der Waals surface area contributed by atoms with E-state index in [2.05, 4.69) is 38.8 Å². The van der Waals surface area contributed by atoms with E-state index < -0.39 is 0 Å². The highest BCUT2D eigenvalue weighted by Gasteiger charge is 2.26. The lowest BCUT2D eigenvalue weighted by Gasteiger charge is -1.95. The molecule has 0 bridgehead atoms. The van der Waals surface area contributed by atoms with Gasteiger partial charge in [-0.1, -0.05) is 29.3 Å². The lowest BCUT2D eigenvalue weighted by atomic mass is 10.1. The molecule has 1 aliphatic heterocycles. The van der Waals surface area contributed by atoms with E-state index >= 15 is 0 Å². The van der Waals surface area contributed by atoms with Crippen LogP contribution in [-0.2, 0) is 9.53 Å². The lowest BCUT2D eigenvalue weighted by molar-refractivity contribution is -0.133. The van der Waals surface area contributed by atoms with Crippen LogP contribution in [0, 0.1) is 0 Å². The normalized spacial score (nSPS) is 19.9. The van der Waals surface area contributed by atoms with Crippen LogP contribution in [0.2, 0.25) is 0 Å². The van der Waals surface area contributed by atoms with Crippen LogP contribution < -0.4 is 0 Å². The lowest BCUT2D eigenvalue weighted by Crippen LogP contribution is -1.98. The second kappa shape index (κ2) is 4.96. The van der Waals surface area contributed by atoms with Crippen LogP contribution >= 0.6 is 31.9 Å². The summed E-state index contributed by atoms with van der Waals surface area (Å²) in [5, 5.41) is 0. The number of carbonyl (C=O) groups is 1. The van der Waals surface area contributed by atoms with Crippen molar-refractivity contribution in [3.63, 3.8) is 0 Å². The van der Waals surface area contributed by atoms with E-state index in [4.69, 9.17) is 4.74 Å². The van der Waals surface area contributed by atoms with Crippen molar-refractivity contribution in [2.75, 3.05) is 0 Å². The third-order valence-electron chi connectivity index (χ3n) is 1.81. The first-order chi connectivity index (χ1) is 6.20. The summed E-state index contributed by atoms with van der Waals surface area (Å²) in [7, 11) is 0. The Morgan fingerprint density at radius 2 is 2.23 bits per heavy atom. The van der Waals surface area contributed by atoms with Crippen LogP contribution in [0.4, 0.5) is 0 Å². The Bertz CT molecular complexity index is 279. The van der Waals surface area contributed by atoms with Crippen molar-refractivity contribution in [3.8, 4) is 0 Å². The monoisotopic (exact) mass is 308 g/mol. The fourth-order valence-electron chi connectivity index (χ4n) is 1.08. The number of ether oxygens (including phenoxy) is 1. The average molecular weight is 310 g/mol. The largest absolute Gasteiger partial charge is 0.421 e. The molecular formula is C9H10Br2O2. The zero-order valence-electron chi connectivity index (χ0n) is 7.27. The zero-order valence-corrected chi connectivity index (χ0v) is 10.4. The predicted octanol–water partition coefficient (Wildman–Crippen LogP) is 3.62. The predicted molar refractivity (Wildman–Crippen MR) is 58.6 cm³/mol.